The number of nitrogens with two attached hydrogens (primary N) is 1. The number of nitrogens with one attached hydrogen (secondary N) is 1. The van der Waals surface area contributed by atoms with E-state index in [4.69, 9.17) is 15.2 Å². The van der Waals surface area contributed by atoms with Crippen LogP contribution in [0.5, 0.6) is 11.5 Å². The predicted molar refractivity (Wildman–Crippen MR) is 98.3 cm³/mol. The first-order valence-electron chi connectivity index (χ1n) is 7.80. The van der Waals surface area contributed by atoms with Gasteiger partial charge in [0.05, 0.1) is 25.7 Å². The summed E-state index contributed by atoms with van der Waals surface area (Å²) in [7, 11) is 1.50. The number of carbonyl (C=O) groups excluding carboxylic acids is 1. The molecule has 9 heteroatoms. The molecule has 27 heavy (non-hydrogen) atoms. The van der Waals surface area contributed by atoms with Crippen LogP contribution in [-0.2, 0) is 17.5 Å². The highest BCUT2D eigenvalue weighted by molar-refractivity contribution is 5.91. The third-order valence-corrected chi connectivity index (χ3v) is 3.50. The fourth-order valence-electron chi connectivity index (χ4n) is 2.26. The van der Waals surface area contributed by atoms with Crippen LogP contribution in [0.1, 0.15) is 17.5 Å². The number of hydrogen-bond donors (Lipinski definition) is 2. The molecule has 0 aliphatic rings. The molecule has 0 aromatic heterocycles. The number of hydrogen-bond acceptors (Lipinski definition) is 4. The molecule has 5 nitrogen and oxygen atoms in total. The lowest BCUT2D eigenvalue weighted by Crippen LogP contribution is -2.16. The molecule has 2 rings (SSSR count). The molecule has 0 aliphatic heterocycles. The number of para-hydroxylation sites is 2. The molecule has 1 amide bonds. The van der Waals surface area contributed by atoms with E-state index < -0.39 is 17.6 Å². The zero-order valence-corrected chi connectivity index (χ0v) is 15.3. The highest BCUT2D eigenvalue weighted by atomic mass is 35.5. The normalized spacial score (nSPS) is 10.7. The van der Waals surface area contributed by atoms with E-state index in [0.29, 0.717) is 11.5 Å². The second kappa shape index (κ2) is 10.0. The first-order valence-corrected chi connectivity index (χ1v) is 7.80. The predicted octanol–water partition coefficient (Wildman–Crippen LogP) is 4.00. The number of ether oxygens (including phenoxy) is 2. The molecule has 2 aromatic rings. The minimum Gasteiger partial charge on any atom is -0.493 e. The van der Waals surface area contributed by atoms with Gasteiger partial charge in [-0.05, 0) is 35.9 Å². The van der Waals surface area contributed by atoms with Crippen molar-refractivity contribution >= 4 is 24.0 Å². The van der Waals surface area contributed by atoms with E-state index in [-0.39, 0.29) is 43.2 Å². The Labute approximate surface area is 161 Å². The first kappa shape index (κ1) is 22.6. The fraction of sp³-hybridized carbons (Fsp3) is 0.278. The smallest absolute Gasteiger partial charge is 0.416 e. The van der Waals surface area contributed by atoms with Crippen molar-refractivity contribution in [3.8, 4) is 11.5 Å². The summed E-state index contributed by atoms with van der Waals surface area (Å²) in [5.74, 6) is 0.535. The van der Waals surface area contributed by atoms with Gasteiger partial charge in [-0.15, -0.1) is 12.4 Å². The second-order valence-electron chi connectivity index (χ2n) is 5.42. The van der Waals surface area contributed by atoms with Gasteiger partial charge in [0.15, 0.2) is 11.5 Å². The summed E-state index contributed by atoms with van der Waals surface area (Å²) >= 11 is 0. The molecular formula is C18H20ClF3N2O3. The Morgan fingerprint density at radius 2 is 1.81 bits per heavy atom. The minimum absolute atomic E-state index is 0. The number of alkyl halides is 3. The fourth-order valence-corrected chi connectivity index (χ4v) is 2.26. The van der Waals surface area contributed by atoms with E-state index in [2.05, 4.69) is 5.32 Å². The number of amides is 1. The van der Waals surface area contributed by atoms with Crippen molar-refractivity contribution in [2.45, 2.75) is 19.1 Å². The van der Waals surface area contributed by atoms with E-state index in [9.17, 15) is 18.0 Å². The van der Waals surface area contributed by atoms with Crippen LogP contribution in [0, 0.1) is 0 Å². The maximum Gasteiger partial charge on any atom is 0.416 e. The first-order chi connectivity index (χ1) is 12.3. The van der Waals surface area contributed by atoms with Crippen molar-refractivity contribution in [1.82, 2.24) is 0 Å². The SMILES string of the molecule is COc1ccccc1OCCC(=O)Nc1cc(CN)cc(C(F)(F)F)c1.Cl. The van der Waals surface area contributed by atoms with Gasteiger partial charge in [0.1, 0.15) is 0 Å². The van der Waals surface area contributed by atoms with Gasteiger partial charge in [-0.3, -0.25) is 4.79 Å². The van der Waals surface area contributed by atoms with Crippen molar-refractivity contribution in [3.63, 3.8) is 0 Å². The largest absolute Gasteiger partial charge is 0.493 e. The summed E-state index contributed by atoms with van der Waals surface area (Å²) in [5.41, 5.74) is 4.88. The molecule has 0 unspecified atom stereocenters. The maximum absolute atomic E-state index is 12.9. The molecular weight excluding hydrogens is 385 g/mol. The number of rotatable bonds is 7. The minimum atomic E-state index is -4.52. The maximum atomic E-state index is 12.9. The third kappa shape index (κ3) is 6.65. The average Bonchev–Trinajstić information content (AvgIpc) is 2.61. The Morgan fingerprint density at radius 1 is 1.15 bits per heavy atom. The Hall–Kier alpha value is -2.45. The topological polar surface area (TPSA) is 73.6 Å². The van der Waals surface area contributed by atoms with Crippen molar-refractivity contribution in [2.24, 2.45) is 5.73 Å². The van der Waals surface area contributed by atoms with E-state index >= 15 is 0 Å². The molecule has 148 valence electrons. The number of halogens is 4. The Kier molecular flexibility index (Phi) is 8.39. The summed E-state index contributed by atoms with van der Waals surface area (Å²) < 4.78 is 49.3. The quantitative estimate of drug-likeness (QED) is 0.731. The second-order valence-corrected chi connectivity index (χ2v) is 5.42. The standard InChI is InChI=1S/C18H19F3N2O3.ClH/c1-25-15-4-2-3-5-16(15)26-7-6-17(24)23-14-9-12(11-22)8-13(10-14)18(19,20)21;/h2-5,8-10H,6-7,11,22H2,1H3,(H,23,24);1H. The van der Waals surface area contributed by atoms with E-state index in [1.165, 1.54) is 13.2 Å². The van der Waals surface area contributed by atoms with Crippen LogP contribution >= 0.6 is 12.4 Å². The molecule has 0 aliphatic carbocycles. The highest BCUT2D eigenvalue weighted by Gasteiger charge is 2.31. The lowest BCUT2D eigenvalue weighted by atomic mass is 10.1. The number of benzene rings is 2. The zero-order valence-electron chi connectivity index (χ0n) is 14.5. The van der Waals surface area contributed by atoms with Crippen LogP contribution in [0.3, 0.4) is 0 Å². The highest BCUT2D eigenvalue weighted by Crippen LogP contribution is 2.32. The van der Waals surface area contributed by atoms with E-state index in [1.807, 2.05) is 0 Å². The summed E-state index contributed by atoms with van der Waals surface area (Å²) in [6.45, 7) is -0.0153. The van der Waals surface area contributed by atoms with Crippen LogP contribution < -0.4 is 20.5 Å². The number of carbonyl (C=O) groups is 1. The van der Waals surface area contributed by atoms with Crippen LogP contribution in [-0.4, -0.2) is 19.6 Å². The Bertz CT molecular complexity index is 770. The van der Waals surface area contributed by atoms with Gasteiger partial charge >= 0.3 is 6.18 Å². The van der Waals surface area contributed by atoms with Gasteiger partial charge in [0.25, 0.3) is 0 Å². The van der Waals surface area contributed by atoms with Crippen LogP contribution in [0.15, 0.2) is 42.5 Å². The Morgan fingerprint density at radius 3 is 2.41 bits per heavy atom. The Balaban J connectivity index is 0.00000364. The summed E-state index contributed by atoms with van der Waals surface area (Å²) in [6, 6.07) is 10.2. The molecule has 0 saturated carbocycles. The monoisotopic (exact) mass is 404 g/mol. The van der Waals surface area contributed by atoms with Gasteiger partial charge in [-0.2, -0.15) is 13.2 Å². The average molecular weight is 405 g/mol. The molecule has 0 bridgehead atoms. The molecule has 2 aromatic carbocycles. The summed E-state index contributed by atoms with van der Waals surface area (Å²) in [4.78, 5) is 12.0. The van der Waals surface area contributed by atoms with Crippen molar-refractivity contribution in [3.05, 3.63) is 53.6 Å². The molecule has 0 fully saturated rings. The lowest BCUT2D eigenvalue weighted by Gasteiger charge is -2.13. The van der Waals surface area contributed by atoms with Gasteiger partial charge in [-0.1, -0.05) is 12.1 Å². The van der Waals surface area contributed by atoms with Gasteiger partial charge in [0.2, 0.25) is 5.91 Å². The summed E-state index contributed by atoms with van der Waals surface area (Å²) in [6.07, 6.45) is -4.55. The van der Waals surface area contributed by atoms with E-state index in [1.54, 1.807) is 24.3 Å². The molecule has 0 spiro atoms. The molecule has 0 heterocycles. The summed E-state index contributed by atoms with van der Waals surface area (Å²) in [5, 5.41) is 2.44. The third-order valence-electron chi connectivity index (χ3n) is 3.50. The molecule has 3 N–H and O–H groups in total. The van der Waals surface area contributed by atoms with Crippen molar-refractivity contribution in [2.75, 3.05) is 19.0 Å². The number of anilines is 1. The van der Waals surface area contributed by atoms with Crippen LogP contribution in [0.2, 0.25) is 0 Å². The van der Waals surface area contributed by atoms with Crippen LogP contribution in [0.4, 0.5) is 18.9 Å². The van der Waals surface area contributed by atoms with E-state index in [0.717, 1.165) is 12.1 Å². The van der Waals surface area contributed by atoms with Crippen molar-refractivity contribution < 1.29 is 27.4 Å². The number of methoxy groups -OCH3 is 1. The van der Waals surface area contributed by atoms with Gasteiger partial charge in [0, 0.05) is 12.2 Å². The lowest BCUT2D eigenvalue weighted by molar-refractivity contribution is -0.137. The molecule has 0 saturated heterocycles. The molecule has 0 radical (unpaired) electrons. The van der Waals surface area contributed by atoms with Gasteiger partial charge < -0.3 is 20.5 Å². The van der Waals surface area contributed by atoms with Crippen molar-refractivity contribution in [1.29, 1.82) is 0 Å². The zero-order chi connectivity index (χ0) is 19.2. The van der Waals surface area contributed by atoms with Crippen LogP contribution in [0.25, 0.3) is 0 Å². The molecule has 0 atom stereocenters. The van der Waals surface area contributed by atoms with Gasteiger partial charge in [-0.25, -0.2) is 0 Å².